The second kappa shape index (κ2) is 4.75. The Morgan fingerprint density at radius 2 is 1.67 bits per heavy atom. The average molecular weight is 244 g/mol. The zero-order valence-electron chi connectivity index (χ0n) is 9.73. The molecule has 5 nitrogen and oxygen atoms in total. The van der Waals surface area contributed by atoms with Gasteiger partial charge in [-0.05, 0) is 36.4 Å². The zero-order valence-corrected chi connectivity index (χ0v) is 9.73. The predicted octanol–water partition coefficient (Wildman–Crippen LogP) is 2.18. The van der Waals surface area contributed by atoms with Gasteiger partial charge in [0.05, 0.1) is 5.69 Å². The van der Waals surface area contributed by atoms with Crippen molar-refractivity contribution < 1.29 is 14.7 Å². The summed E-state index contributed by atoms with van der Waals surface area (Å²) in [4.78, 5) is 25.6. The summed E-state index contributed by atoms with van der Waals surface area (Å²) in [5, 5.41) is 11.8. The SMILES string of the molecule is CC(=O)c1ccc(C(=O)Nc2ccc(O)cc2)[nH]1. The number of hydrogen-bond acceptors (Lipinski definition) is 3. The number of carbonyl (C=O) groups excluding carboxylic acids is 2. The highest BCUT2D eigenvalue weighted by Crippen LogP contribution is 2.14. The number of phenols is 1. The van der Waals surface area contributed by atoms with Crippen LogP contribution in [0.25, 0.3) is 0 Å². The van der Waals surface area contributed by atoms with Crippen molar-refractivity contribution in [1.29, 1.82) is 0 Å². The van der Waals surface area contributed by atoms with Gasteiger partial charge in [-0.3, -0.25) is 9.59 Å². The molecule has 0 fully saturated rings. The van der Waals surface area contributed by atoms with Crippen molar-refractivity contribution >= 4 is 17.4 Å². The molecule has 2 aromatic rings. The fourth-order valence-electron chi connectivity index (χ4n) is 1.48. The van der Waals surface area contributed by atoms with Crippen LogP contribution in [0.5, 0.6) is 5.75 Å². The standard InChI is InChI=1S/C13H12N2O3/c1-8(16)11-6-7-12(15-11)13(18)14-9-2-4-10(17)5-3-9/h2-7,15,17H,1H3,(H,14,18). The maximum Gasteiger partial charge on any atom is 0.272 e. The summed E-state index contributed by atoms with van der Waals surface area (Å²) in [6, 6.07) is 9.24. The molecule has 1 aromatic heterocycles. The lowest BCUT2D eigenvalue weighted by molar-refractivity contribution is 0.101. The van der Waals surface area contributed by atoms with E-state index in [0.29, 0.717) is 17.1 Å². The lowest BCUT2D eigenvalue weighted by atomic mass is 10.3. The van der Waals surface area contributed by atoms with E-state index < -0.39 is 0 Å². The van der Waals surface area contributed by atoms with Crippen molar-refractivity contribution in [2.75, 3.05) is 5.32 Å². The minimum atomic E-state index is -0.340. The van der Waals surface area contributed by atoms with E-state index in [4.69, 9.17) is 5.11 Å². The van der Waals surface area contributed by atoms with Crippen LogP contribution in [0.1, 0.15) is 27.9 Å². The van der Waals surface area contributed by atoms with Crippen LogP contribution in [0.4, 0.5) is 5.69 Å². The zero-order chi connectivity index (χ0) is 13.1. The largest absolute Gasteiger partial charge is 0.508 e. The van der Waals surface area contributed by atoms with Crippen LogP contribution in [0.15, 0.2) is 36.4 Å². The number of aromatic amines is 1. The molecule has 0 spiro atoms. The van der Waals surface area contributed by atoms with Crippen LogP contribution in [0.3, 0.4) is 0 Å². The molecule has 0 aliphatic heterocycles. The summed E-state index contributed by atoms with van der Waals surface area (Å²) >= 11 is 0. The van der Waals surface area contributed by atoms with Crippen molar-refractivity contribution in [3.05, 3.63) is 47.8 Å². The number of H-pyrrole nitrogens is 1. The molecule has 0 aliphatic carbocycles. The fraction of sp³-hybridized carbons (Fsp3) is 0.0769. The number of anilines is 1. The average Bonchev–Trinajstić information content (AvgIpc) is 2.81. The van der Waals surface area contributed by atoms with Crippen molar-refractivity contribution in [3.63, 3.8) is 0 Å². The molecule has 0 bridgehead atoms. The van der Waals surface area contributed by atoms with Crippen LogP contribution >= 0.6 is 0 Å². The molecule has 0 saturated carbocycles. The van der Waals surface area contributed by atoms with Gasteiger partial charge in [-0.2, -0.15) is 0 Å². The number of ketones is 1. The van der Waals surface area contributed by atoms with Crippen molar-refractivity contribution in [2.24, 2.45) is 0 Å². The van der Waals surface area contributed by atoms with Gasteiger partial charge in [0.15, 0.2) is 5.78 Å². The molecular formula is C13H12N2O3. The smallest absolute Gasteiger partial charge is 0.272 e. The quantitative estimate of drug-likeness (QED) is 0.571. The first-order valence-corrected chi connectivity index (χ1v) is 5.36. The lowest BCUT2D eigenvalue weighted by Crippen LogP contribution is -2.12. The van der Waals surface area contributed by atoms with Gasteiger partial charge in [0.1, 0.15) is 11.4 Å². The van der Waals surface area contributed by atoms with Crippen LogP contribution < -0.4 is 5.32 Å². The highest BCUT2D eigenvalue weighted by Gasteiger charge is 2.10. The van der Waals surface area contributed by atoms with Gasteiger partial charge in [0, 0.05) is 12.6 Å². The molecule has 0 radical (unpaired) electrons. The maximum absolute atomic E-state index is 11.8. The second-order valence-corrected chi connectivity index (χ2v) is 3.84. The van der Waals surface area contributed by atoms with Crippen LogP contribution in [-0.4, -0.2) is 21.8 Å². The Morgan fingerprint density at radius 3 is 2.22 bits per heavy atom. The number of amides is 1. The van der Waals surface area contributed by atoms with Gasteiger partial charge in [0.25, 0.3) is 5.91 Å². The van der Waals surface area contributed by atoms with E-state index >= 15 is 0 Å². The summed E-state index contributed by atoms with van der Waals surface area (Å²) < 4.78 is 0. The molecule has 92 valence electrons. The van der Waals surface area contributed by atoms with Gasteiger partial charge in [-0.1, -0.05) is 0 Å². The van der Waals surface area contributed by atoms with Gasteiger partial charge in [-0.25, -0.2) is 0 Å². The van der Waals surface area contributed by atoms with Crippen LogP contribution in [0.2, 0.25) is 0 Å². The first-order chi connectivity index (χ1) is 8.56. The van der Waals surface area contributed by atoms with E-state index in [1.54, 1.807) is 24.3 Å². The van der Waals surface area contributed by atoms with Gasteiger partial charge in [-0.15, -0.1) is 0 Å². The number of carbonyl (C=O) groups is 2. The second-order valence-electron chi connectivity index (χ2n) is 3.84. The summed E-state index contributed by atoms with van der Waals surface area (Å²) in [7, 11) is 0. The number of aromatic nitrogens is 1. The van der Waals surface area contributed by atoms with E-state index in [0.717, 1.165) is 0 Å². The molecule has 1 amide bonds. The summed E-state index contributed by atoms with van der Waals surface area (Å²) in [5.41, 5.74) is 1.27. The number of aromatic hydroxyl groups is 1. The third-order valence-corrected chi connectivity index (χ3v) is 2.44. The Bertz CT molecular complexity index is 585. The van der Waals surface area contributed by atoms with E-state index in [1.807, 2.05) is 0 Å². The summed E-state index contributed by atoms with van der Waals surface area (Å²) in [6.07, 6.45) is 0. The van der Waals surface area contributed by atoms with E-state index in [9.17, 15) is 9.59 Å². The lowest BCUT2D eigenvalue weighted by Gasteiger charge is -2.03. The molecule has 5 heteroatoms. The monoisotopic (exact) mass is 244 g/mol. The first-order valence-electron chi connectivity index (χ1n) is 5.36. The number of benzene rings is 1. The number of nitrogens with one attached hydrogen (secondary N) is 2. The molecule has 1 aromatic carbocycles. The van der Waals surface area contributed by atoms with Gasteiger partial charge < -0.3 is 15.4 Å². The first kappa shape index (κ1) is 11.9. The van der Waals surface area contributed by atoms with E-state index in [1.165, 1.54) is 19.1 Å². The van der Waals surface area contributed by atoms with E-state index in [2.05, 4.69) is 10.3 Å². The minimum Gasteiger partial charge on any atom is -0.508 e. The van der Waals surface area contributed by atoms with Crippen molar-refractivity contribution in [1.82, 2.24) is 4.98 Å². The Hall–Kier alpha value is -2.56. The minimum absolute atomic E-state index is 0.126. The molecular weight excluding hydrogens is 232 g/mol. The highest BCUT2D eigenvalue weighted by atomic mass is 16.3. The molecule has 2 rings (SSSR count). The Kier molecular flexibility index (Phi) is 3.14. The van der Waals surface area contributed by atoms with Crippen LogP contribution in [0, 0.1) is 0 Å². The van der Waals surface area contributed by atoms with Crippen molar-refractivity contribution in [2.45, 2.75) is 6.92 Å². The molecule has 0 saturated heterocycles. The molecule has 18 heavy (non-hydrogen) atoms. The number of Topliss-reactive ketones (excluding diaryl/α,β-unsaturated/α-hetero) is 1. The number of rotatable bonds is 3. The maximum atomic E-state index is 11.8. The highest BCUT2D eigenvalue weighted by molar-refractivity contribution is 6.04. The number of phenolic OH excluding ortho intramolecular Hbond substituents is 1. The summed E-state index contributed by atoms with van der Waals surface area (Å²) in [6.45, 7) is 1.42. The normalized spacial score (nSPS) is 10.1. The molecule has 0 atom stereocenters. The fourth-order valence-corrected chi connectivity index (χ4v) is 1.48. The Morgan fingerprint density at radius 1 is 1.06 bits per heavy atom. The Balaban J connectivity index is 2.11. The summed E-state index contributed by atoms with van der Waals surface area (Å²) in [5.74, 6) is -0.335. The van der Waals surface area contributed by atoms with Crippen molar-refractivity contribution in [3.8, 4) is 5.75 Å². The van der Waals surface area contributed by atoms with Gasteiger partial charge in [0.2, 0.25) is 0 Å². The third-order valence-electron chi connectivity index (χ3n) is 2.44. The third kappa shape index (κ3) is 2.57. The Labute approximate surface area is 103 Å². The van der Waals surface area contributed by atoms with Crippen LogP contribution in [-0.2, 0) is 0 Å². The number of hydrogen-bond donors (Lipinski definition) is 3. The van der Waals surface area contributed by atoms with Gasteiger partial charge >= 0.3 is 0 Å². The predicted molar refractivity (Wildman–Crippen MR) is 66.9 cm³/mol. The molecule has 0 unspecified atom stereocenters. The topological polar surface area (TPSA) is 82.2 Å². The molecule has 0 aliphatic rings. The van der Waals surface area contributed by atoms with E-state index in [-0.39, 0.29) is 17.4 Å². The molecule has 3 N–H and O–H groups in total. The molecule has 1 heterocycles.